The van der Waals surface area contributed by atoms with Gasteiger partial charge in [0.25, 0.3) is 11.8 Å². The number of amides is 2. The molecule has 0 spiro atoms. The van der Waals surface area contributed by atoms with Crippen molar-refractivity contribution < 1.29 is 23.4 Å². The fourth-order valence-corrected chi connectivity index (χ4v) is 5.00. The lowest BCUT2D eigenvalue weighted by Gasteiger charge is -2.21. The Morgan fingerprint density at radius 1 is 1.10 bits per heavy atom. The molecular weight excluding hydrogens is 536 g/mol. The van der Waals surface area contributed by atoms with Crippen LogP contribution in [0, 0.1) is 6.92 Å². The smallest absolute Gasteiger partial charge is 0.290 e. The number of nitrogens with one attached hydrogen (secondary N) is 2. The van der Waals surface area contributed by atoms with Crippen LogP contribution < -0.4 is 15.4 Å². The van der Waals surface area contributed by atoms with E-state index in [1.807, 2.05) is 60.0 Å². The Bertz CT molecular complexity index is 1730. The lowest BCUT2D eigenvalue weighted by Crippen LogP contribution is -2.49. The molecule has 0 radical (unpaired) electrons. The van der Waals surface area contributed by atoms with Crippen LogP contribution in [0.2, 0.25) is 5.02 Å². The summed E-state index contributed by atoms with van der Waals surface area (Å²) in [4.78, 5) is 30.1. The summed E-state index contributed by atoms with van der Waals surface area (Å²) < 4.78 is 17.1. The highest BCUT2D eigenvalue weighted by Crippen LogP contribution is 2.39. The Morgan fingerprint density at radius 2 is 1.85 bits per heavy atom. The third-order valence-electron chi connectivity index (χ3n) is 7.01. The summed E-state index contributed by atoms with van der Waals surface area (Å²) in [5.74, 6) is 0.211. The average Bonchev–Trinajstić information content (AvgIpc) is 3.26. The van der Waals surface area contributed by atoms with Crippen LogP contribution in [-0.4, -0.2) is 44.3 Å². The summed E-state index contributed by atoms with van der Waals surface area (Å²) in [5, 5.41) is 14.9. The first-order valence-electron chi connectivity index (χ1n) is 12.6. The van der Waals surface area contributed by atoms with E-state index in [1.165, 1.54) is 13.2 Å². The molecule has 2 N–H and O–H groups in total. The molecule has 1 saturated carbocycles. The van der Waals surface area contributed by atoms with E-state index >= 15 is 0 Å². The van der Waals surface area contributed by atoms with Crippen LogP contribution in [-0.2, 0) is 4.79 Å². The molecule has 2 aromatic carbocycles. The number of rotatable bonds is 8. The molecule has 12 heteroatoms. The number of halogens is 1. The first-order valence-corrected chi connectivity index (χ1v) is 13.0. The maximum Gasteiger partial charge on any atom is 0.290 e. The molecule has 3 heterocycles. The van der Waals surface area contributed by atoms with Crippen molar-refractivity contribution in [3.8, 4) is 23.1 Å². The first-order chi connectivity index (χ1) is 19.3. The van der Waals surface area contributed by atoms with Crippen LogP contribution in [0.5, 0.6) is 5.88 Å². The van der Waals surface area contributed by atoms with Crippen LogP contribution in [0.1, 0.15) is 47.8 Å². The number of ether oxygens (including phenoxy) is 1. The minimum absolute atomic E-state index is 0.0208. The highest BCUT2D eigenvalue weighted by Gasteiger charge is 2.52. The van der Waals surface area contributed by atoms with E-state index in [1.54, 1.807) is 6.92 Å². The first kappa shape index (κ1) is 25.6. The molecule has 3 aromatic heterocycles. The second-order valence-electron chi connectivity index (χ2n) is 9.71. The second kappa shape index (κ2) is 9.83. The van der Waals surface area contributed by atoms with Crippen LogP contribution in [0.3, 0.4) is 0 Å². The van der Waals surface area contributed by atoms with Crippen LogP contribution >= 0.6 is 11.6 Å². The van der Waals surface area contributed by atoms with E-state index in [0.717, 1.165) is 22.2 Å². The molecule has 1 atom stereocenters. The Labute approximate surface area is 233 Å². The number of aryl methyl sites for hydroxylation is 1. The number of fused-ring (bicyclic) bond motifs is 1. The van der Waals surface area contributed by atoms with Crippen molar-refractivity contribution >= 4 is 34.3 Å². The lowest BCUT2D eigenvalue weighted by molar-refractivity contribution is -0.124. The van der Waals surface area contributed by atoms with E-state index in [-0.39, 0.29) is 23.6 Å². The molecule has 40 heavy (non-hydrogen) atoms. The monoisotopic (exact) mass is 560 g/mol. The van der Waals surface area contributed by atoms with Crippen molar-refractivity contribution in [1.29, 1.82) is 0 Å². The van der Waals surface area contributed by atoms with Gasteiger partial charge in [0, 0.05) is 18.0 Å². The highest BCUT2D eigenvalue weighted by molar-refractivity contribution is 6.38. The van der Waals surface area contributed by atoms with E-state index in [2.05, 4.69) is 25.9 Å². The Morgan fingerprint density at radius 3 is 2.50 bits per heavy atom. The highest BCUT2D eigenvalue weighted by atomic mass is 35.5. The number of carbonyl (C=O) groups excluding carboxylic acids is 2. The van der Waals surface area contributed by atoms with Gasteiger partial charge in [-0.25, -0.2) is 0 Å². The number of carbonyl (C=O) groups is 2. The number of hydrogen-bond donors (Lipinski definition) is 2. The van der Waals surface area contributed by atoms with Gasteiger partial charge in [0.2, 0.25) is 23.4 Å². The SMILES string of the molecule is COc1cc(C(=O)NC2(C(=O)NC(C)c3ccc(-n4c(-c5noc(C)n5)c(Cl)c5ccccc54)cc3)CC2)on1. The summed E-state index contributed by atoms with van der Waals surface area (Å²) >= 11 is 6.79. The summed E-state index contributed by atoms with van der Waals surface area (Å²) in [6, 6.07) is 16.6. The quantitative estimate of drug-likeness (QED) is 0.276. The summed E-state index contributed by atoms with van der Waals surface area (Å²) in [5.41, 5.74) is 2.28. The number of para-hydroxylation sites is 1. The third-order valence-corrected chi connectivity index (χ3v) is 7.39. The number of methoxy groups -OCH3 is 1. The van der Waals surface area contributed by atoms with Crippen molar-refractivity contribution in [3.05, 3.63) is 76.8 Å². The Balaban J connectivity index is 1.22. The molecule has 1 aliphatic rings. The van der Waals surface area contributed by atoms with Gasteiger partial charge in [-0.3, -0.25) is 9.59 Å². The standard InChI is InChI=1S/C28H25ClN6O5/c1-15(30-27(37)28(12-13-28)32-26(36)21-14-22(38-3)33-40-21)17-8-10-18(11-9-17)35-20-7-5-4-6-19(20)23(29)24(35)25-31-16(2)39-34-25/h4-11,14-15H,12-13H2,1-3H3,(H,30,37)(H,32,36). The van der Waals surface area contributed by atoms with Crippen molar-refractivity contribution in [2.75, 3.05) is 7.11 Å². The largest absolute Gasteiger partial charge is 0.479 e. The zero-order chi connectivity index (χ0) is 28.0. The normalized spacial score (nSPS) is 14.6. The molecule has 6 rings (SSSR count). The Kier molecular flexibility index (Phi) is 6.30. The van der Waals surface area contributed by atoms with Gasteiger partial charge in [0.05, 0.1) is 29.8 Å². The van der Waals surface area contributed by atoms with Crippen molar-refractivity contribution in [3.63, 3.8) is 0 Å². The zero-order valence-electron chi connectivity index (χ0n) is 21.9. The van der Waals surface area contributed by atoms with E-state index in [9.17, 15) is 9.59 Å². The number of nitrogens with zero attached hydrogens (tertiary/aromatic N) is 4. The van der Waals surface area contributed by atoms with Crippen LogP contribution in [0.4, 0.5) is 0 Å². The molecule has 11 nitrogen and oxygen atoms in total. The molecule has 204 valence electrons. The van der Waals surface area contributed by atoms with Crippen molar-refractivity contribution in [2.24, 2.45) is 0 Å². The maximum absolute atomic E-state index is 13.1. The van der Waals surface area contributed by atoms with Gasteiger partial charge in [0.1, 0.15) is 11.2 Å². The van der Waals surface area contributed by atoms with Crippen LogP contribution in [0.15, 0.2) is 63.6 Å². The molecule has 2 amide bonds. The van der Waals surface area contributed by atoms with Gasteiger partial charge in [-0.1, -0.05) is 47.1 Å². The maximum atomic E-state index is 13.1. The molecule has 1 fully saturated rings. The number of benzene rings is 2. The number of aromatic nitrogens is 4. The third kappa shape index (κ3) is 4.47. The summed E-state index contributed by atoms with van der Waals surface area (Å²) in [7, 11) is 1.42. The summed E-state index contributed by atoms with van der Waals surface area (Å²) in [6.07, 6.45) is 1.06. The fraction of sp³-hybridized carbons (Fsp3) is 0.250. The molecule has 1 unspecified atom stereocenters. The average molecular weight is 561 g/mol. The molecule has 0 bridgehead atoms. The topological polar surface area (TPSA) is 137 Å². The second-order valence-corrected chi connectivity index (χ2v) is 10.1. The van der Waals surface area contributed by atoms with E-state index in [0.29, 0.717) is 35.3 Å². The predicted molar refractivity (Wildman–Crippen MR) is 145 cm³/mol. The minimum atomic E-state index is -0.982. The van der Waals surface area contributed by atoms with Gasteiger partial charge >= 0.3 is 0 Å². The van der Waals surface area contributed by atoms with Gasteiger partial charge in [-0.05, 0) is 48.7 Å². The molecule has 0 saturated heterocycles. The Hall–Kier alpha value is -4.64. The summed E-state index contributed by atoms with van der Waals surface area (Å²) in [6.45, 7) is 3.62. The van der Waals surface area contributed by atoms with Gasteiger partial charge in [0.15, 0.2) is 0 Å². The van der Waals surface area contributed by atoms with Gasteiger partial charge in [-0.2, -0.15) is 4.98 Å². The fourth-order valence-electron chi connectivity index (χ4n) is 4.67. The van der Waals surface area contributed by atoms with Crippen molar-refractivity contribution in [2.45, 2.75) is 38.3 Å². The molecule has 5 aromatic rings. The lowest BCUT2D eigenvalue weighted by atomic mass is 10.1. The van der Waals surface area contributed by atoms with Crippen molar-refractivity contribution in [1.82, 2.24) is 30.5 Å². The minimum Gasteiger partial charge on any atom is -0.479 e. The number of hydrogen-bond acceptors (Lipinski definition) is 8. The van der Waals surface area contributed by atoms with E-state index in [4.69, 9.17) is 25.4 Å². The predicted octanol–water partition coefficient (Wildman–Crippen LogP) is 4.78. The zero-order valence-corrected chi connectivity index (χ0v) is 22.7. The van der Waals surface area contributed by atoms with Gasteiger partial charge < -0.3 is 29.0 Å². The molecular formula is C28H25ClN6O5. The van der Waals surface area contributed by atoms with E-state index < -0.39 is 11.4 Å². The molecule has 1 aliphatic carbocycles. The molecule has 0 aliphatic heterocycles. The van der Waals surface area contributed by atoms with Crippen LogP contribution in [0.25, 0.3) is 28.1 Å². The van der Waals surface area contributed by atoms with Gasteiger partial charge in [-0.15, -0.1) is 0 Å².